The number of amides is 2. The van der Waals surface area contributed by atoms with Crippen LogP contribution in [0.3, 0.4) is 0 Å². The van der Waals surface area contributed by atoms with Crippen LogP contribution in [0.2, 0.25) is 0 Å². The lowest BCUT2D eigenvalue weighted by atomic mass is 9.84. The molecule has 1 aromatic rings. The third-order valence-electron chi connectivity index (χ3n) is 5.07. The van der Waals surface area contributed by atoms with Crippen LogP contribution in [0.25, 0.3) is 0 Å². The standard InChI is InChI=1S/C16H21N3O2/c1-9(13-7-10-2-3-11(13)6-10)19-16(21)12-4-5-14(15(17)20)18-8-12/h4-5,8-11,13H,2-3,6-7H2,1H3,(H2,17,20)(H,19,21). The van der Waals surface area contributed by atoms with Crippen molar-refractivity contribution in [2.24, 2.45) is 23.5 Å². The molecule has 0 saturated heterocycles. The molecule has 0 radical (unpaired) electrons. The summed E-state index contributed by atoms with van der Waals surface area (Å²) in [5.41, 5.74) is 5.78. The minimum Gasteiger partial charge on any atom is -0.364 e. The SMILES string of the molecule is CC(NC(=O)c1ccc(C(N)=O)nc1)C1CC2CCC1C2. The second-order valence-electron chi connectivity index (χ2n) is 6.40. The molecule has 112 valence electrons. The number of rotatable bonds is 4. The summed E-state index contributed by atoms with van der Waals surface area (Å²) >= 11 is 0. The Labute approximate surface area is 124 Å². The largest absolute Gasteiger partial charge is 0.364 e. The molecule has 3 N–H and O–H groups in total. The Kier molecular flexibility index (Phi) is 3.66. The van der Waals surface area contributed by atoms with Crippen LogP contribution in [0, 0.1) is 17.8 Å². The van der Waals surface area contributed by atoms with Crippen molar-refractivity contribution in [3.8, 4) is 0 Å². The van der Waals surface area contributed by atoms with Gasteiger partial charge in [-0.15, -0.1) is 0 Å². The van der Waals surface area contributed by atoms with Crippen molar-refractivity contribution in [3.05, 3.63) is 29.6 Å². The maximum Gasteiger partial charge on any atom is 0.267 e. The molecule has 2 amide bonds. The Hall–Kier alpha value is -1.91. The third kappa shape index (κ3) is 2.77. The Balaban J connectivity index is 1.61. The number of nitrogens with one attached hydrogen (secondary N) is 1. The van der Waals surface area contributed by atoms with Crippen LogP contribution in [0.15, 0.2) is 18.3 Å². The van der Waals surface area contributed by atoms with E-state index in [4.69, 9.17) is 5.73 Å². The van der Waals surface area contributed by atoms with E-state index in [1.807, 2.05) is 0 Å². The van der Waals surface area contributed by atoms with Crippen molar-refractivity contribution in [2.75, 3.05) is 0 Å². The number of hydrogen-bond acceptors (Lipinski definition) is 3. The maximum atomic E-state index is 12.2. The van der Waals surface area contributed by atoms with E-state index >= 15 is 0 Å². The Morgan fingerprint density at radius 3 is 2.67 bits per heavy atom. The predicted octanol–water partition coefficient (Wildman–Crippen LogP) is 1.73. The number of pyridine rings is 1. The van der Waals surface area contributed by atoms with Gasteiger partial charge in [-0.2, -0.15) is 0 Å². The summed E-state index contributed by atoms with van der Waals surface area (Å²) in [7, 11) is 0. The van der Waals surface area contributed by atoms with Crippen LogP contribution in [-0.4, -0.2) is 22.8 Å². The Bertz CT molecular complexity index is 555. The summed E-state index contributed by atoms with van der Waals surface area (Å²) in [5.74, 6) is 1.54. The molecule has 0 aliphatic heterocycles. The van der Waals surface area contributed by atoms with E-state index in [2.05, 4.69) is 17.2 Å². The zero-order valence-corrected chi connectivity index (χ0v) is 12.2. The minimum absolute atomic E-state index is 0.131. The lowest BCUT2D eigenvalue weighted by Gasteiger charge is -2.28. The number of carbonyl (C=O) groups excluding carboxylic acids is 2. The number of nitrogens with zero attached hydrogens (tertiary/aromatic N) is 1. The normalized spacial score (nSPS) is 28.3. The van der Waals surface area contributed by atoms with E-state index in [0.717, 1.165) is 11.8 Å². The minimum atomic E-state index is -0.586. The van der Waals surface area contributed by atoms with E-state index in [1.165, 1.54) is 37.9 Å². The van der Waals surface area contributed by atoms with Crippen molar-refractivity contribution >= 4 is 11.8 Å². The fraction of sp³-hybridized carbons (Fsp3) is 0.562. The third-order valence-corrected chi connectivity index (χ3v) is 5.07. The first-order valence-corrected chi connectivity index (χ1v) is 7.61. The number of fused-ring (bicyclic) bond motifs is 2. The van der Waals surface area contributed by atoms with Gasteiger partial charge in [0.1, 0.15) is 5.69 Å². The van der Waals surface area contributed by atoms with Crippen LogP contribution in [-0.2, 0) is 0 Å². The van der Waals surface area contributed by atoms with E-state index in [1.54, 1.807) is 6.07 Å². The lowest BCUT2D eigenvalue weighted by molar-refractivity contribution is 0.0913. The van der Waals surface area contributed by atoms with Crippen LogP contribution in [0.5, 0.6) is 0 Å². The zero-order valence-electron chi connectivity index (χ0n) is 12.2. The van der Waals surface area contributed by atoms with Gasteiger partial charge in [-0.3, -0.25) is 14.6 Å². The molecule has 5 heteroatoms. The van der Waals surface area contributed by atoms with Crippen LogP contribution in [0.4, 0.5) is 0 Å². The fourth-order valence-electron chi connectivity index (χ4n) is 3.98. The van der Waals surface area contributed by atoms with Crippen molar-refractivity contribution in [1.29, 1.82) is 0 Å². The average Bonchev–Trinajstić information content (AvgIpc) is 3.10. The van der Waals surface area contributed by atoms with Crippen molar-refractivity contribution < 1.29 is 9.59 Å². The van der Waals surface area contributed by atoms with Gasteiger partial charge in [-0.05, 0) is 56.1 Å². The number of primary amides is 1. The topological polar surface area (TPSA) is 85.1 Å². The van der Waals surface area contributed by atoms with Gasteiger partial charge in [-0.25, -0.2) is 0 Å². The van der Waals surface area contributed by atoms with Crippen molar-refractivity contribution in [3.63, 3.8) is 0 Å². The van der Waals surface area contributed by atoms with E-state index in [-0.39, 0.29) is 17.6 Å². The quantitative estimate of drug-likeness (QED) is 0.884. The average molecular weight is 287 g/mol. The molecule has 2 fully saturated rings. The molecule has 2 saturated carbocycles. The molecule has 0 aromatic carbocycles. The second-order valence-corrected chi connectivity index (χ2v) is 6.40. The first-order chi connectivity index (χ1) is 10.0. The molecule has 2 bridgehead atoms. The van der Waals surface area contributed by atoms with Gasteiger partial charge >= 0.3 is 0 Å². The maximum absolute atomic E-state index is 12.2. The molecule has 2 aliphatic rings. The van der Waals surface area contributed by atoms with Gasteiger partial charge in [0.15, 0.2) is 0 Å². The van der Waals surface area contributed by atoms with Gasteiger partial charge in [0.25, 0.3) is 11.8 Å². The number of aromatic nitrogens is 1. The van der Waals surface area contributed by atoms with Crippen molar-refractivity contribution in [1.82, 2.24) is 10.3 Å². The highest BCUT2D eigenvalue weighted by atomic mass is 16.2. The summed E-state index contributed by atoms with van der Waals surface area (Å²) in [4.78, 5) is 27.1. The summed E-state index contributed by atoms with van der Waals surface area (Å²) in [5, 5.41) is 3.08. The van der Waals surface area contributed by atoms with E-state index < -0.39 is 5.91 Å². The zero-order chi connectivity index (χ0) is 15.0. The van der Waals surface area contributed by atoms with Crippen LogP contribution < -0.4 is 11.1 Å². The molecule has 4 unspecified atom stereocenters. The van der Waals surface area contributed by atoms with Crippen LogP contribution >= 0.6 is 0 Å². The fourth-order valence-corrected chi connectivity index (χ4v) is 3.98. The van der Waals surface area contributed by atoms with E-state index in [9.17, 15) is 9.59 Å². The van der Waals surface area contributed by atoms with Gasteiger partial charge in [0.2, 0.25) is 0 Å². The highest BCUT2D eigenvalue weighted by Gasteiger charge is 2.42. The van der Waals surface area contributed by atoms with Crippen LogP contribution in [0.1, 0.15) is 53.5 Å². The predicted molar refractivity (Wildman–Crippen MR) is 78.6 cm³/mol. The number of nitrogens with two attached hydrogens (primary N) is 1. The highest BCUT2D eigenvalue weighted by molar-refractivity contribution is 5.95. The number of hydrogen-bond donors (Lipinski definition) is 2. The summed E-state index contributed by atoms with van der Waals surface area (Å²) in [6.45, 7) is 2.09. The monoisotopic (exact) mass is 287 g/mol. The molecule has 0 spiro atoms. The first-order valence-electron chi connectivity index (χ1n) is 7.61. The van der Waals surface area contributed by atoms with Crippen molar-refractivity contribution in [2.45, 2.75) is 38.6 Å². The smallest absolute Gasteiger partial charge is 0.267 e. The highest BCUT2D eigenvalue weighted by Crippen LogP contribution is 2.49. The Morgan fingerprint density at radius 2 is 2.14 bits per heavy atom. The number of carbonyl (C=O) groups is 2. The molecule has 1 heterocycles. The van der Waals surface area contributed by atoms with Gasteiger partial charge in [0, 0.05) is 12.2 Å². The molecular weight excluding hydrogens is 266 g/mol. The van der Waals surface area contributed by atoms with E-state index in [0.29, 0.717) is 11.5 Å². The molecule has 5 nitrogen and oxygen atoms in total. The molecule has 1 aromatic heterocycles. The molecule has 2 aliphatic carbocycles. The molecule has 21 heavy (non-hydrogen) atoms. The van der Waals surface area contributed by atoms with Gasteiger partial charge in [-0.1, -0.05) is 6.42 Å². The van der Waals surface area contributed by atoms with Gasteiger partial charge < -0.3 is 11.1 Å². The lowest BCUT2D eigenvalue weighted by Crippen LogP contribution is -2.40. The molecule has 3 rings (SSSR count). The second kappa shape index (κ2) is 5.47. The first kappa shape index (κ1) is 14.0. The molecule has 4 atom stereocenters. The van der Waals surface area contributed by atoms with Gasteiger partial charge in [0.05, 0.1) is 5.56 Å². The summed E-state index contributed by atoms with van der Waals surface area (Å²) in [6, 6.07) is 3.26. The summed E-state index contributed by atoms with van der Waals surface area (Å²) < 4.78 is 0. The summed E-state index contributed by atoms with van der Waals surface area (Å²) in [6.07, 6.45) is 6.65. The Morgan fingerprint density at radius 1 is 1.33 bits per heavy atom. The molecular formula is C16H21N3O2.